The molecule has 5 heteroatoms. The Kier molecular flexibility index (Phi) is 4.35. The van der Waals surface area contributed by atoms with Crippen LogP contribution in [0.4, 0.5) is 10.5 Å². The minimum Gasteiger partial charge on any atom is -0.479 e. The van der Waals surface area contributed by atoms with Crippen molar-refractivity contribution in [3.05, 3.63) is 42.0 Å². The number of carboxylic acids is 1. The van der Waals surface area contributed by atoms with E-state index in [2.05, 4.69) is 0 Å². The van der Waals surface area contributed by atoms with Gasteiger partial charge < -0.3 is 9.84 Å². The maximum absolute atomic E-state index is 13.0. The van der Waals surface area contributed by atoms with Gasteiger partial charge in [0.05, 0.1) is 5.69 Å². The zero-order valence-electron chi connectivity index (χ0n) is 15.0. The lowest BCUT2D eigenvalue weighted by molar-refractivity contribution is -0.145. The summed E-state index contributed by atoms with van der Waals surface area (Å²) in [6, 6.07) is 7.39. The fraction of sp³-hybridized carbons (Fsp3) is 0.500. The highest BCUT2D eigenvalue weighted by molar-refractivity contribution is 6.02. The first-order valence-electron chi connectivity index (χ1n) is 8.77. The van der Waals surface area contributed by atoms with Crippen molar-refractivity contribution in [3.8, 4) is 0 Å². The molecule has 5 nitrogen and oxygen atoms in total. The molecule has 3 rings (SSSR count). The molecule has 0 spiro atoms. The van der Waals surface area contributed by atoms with E-state index in [-0.39, 0.29) is 5.92 Å². The number of fused-ring (bicyclic) bond motifs is 1. The smallest absolute Gasteiger partial charge is 0.415 e. The van der Waals surface area contributed by atoms with Crippen molar-refractivity contribution in [2.45, 2.75) is 57.6 Å². The Morgan fingerprint density at radius 2 is 2.00 bits per heavy atom. The molecule has 0 fully saturated rings. The summed E-state index contributed by atoms with van der Waals surface area (Å²) in [4.78, 5) is 26.9. The molecule has 2 aliphatic rings. The molecular formula is C20H25NO4. The summed E-state index contributed by atoms with van der Waals surface area (Å²) in [5.41, 5.74) is -0.516. The van der Waals surface area contributed by atoms with Gasteiger partial charge in [0, 0.05) is 12.3 Å². The van der Waals surface area contributed by atoms with Crippen LogP contribution in [-0.2, 0) is 16.0 Å². The number of carbonyl (C=O) groups is 2. The van der Waals surface area contributed by atoms with Crippen molar-refractivity contribution < 1.29 is 19.4 Å². The highest BCUT2D eigenvalue weighted by Crippen LogP contribution is 2.46. The van der Waals surface area contributed by atoms with E-state index in [0.717, 1.165) is 24.8 Å². The maximum atomic E-state index is 13.0. The average molecular weight is 343 g/mol. The molecule has 0 aromatic heterocycles. The van der Waals surface area contributed by atoms with Crippen molar-refractivity contribution in [1.82, 2.24) is 0 Å². The maximum Gasteiger partial charge on any atom is 0.415 e. The van der Waals surface area contributed by atoms with Crippen LogP contribution in [0, 0.1) is 5.92 Å². The molecule has 1 N–H and O–H groups in total. The molecule has 1 aliphatic carbocycles. The van der Waals surface area contributed by atoms with Crippen LogP contribution in [0.1, 0.15) is 45.6 Å². The molecule has 1 aromatic carbocycles. The largest absolute Gasteiger partial charge is 0.479 e. The van der Waals surface area contributed by atoms with Crippen LogP contribution in [0.15, 0.2) is 36.4 Å². The van der Waals surface area contributed by atoms with E-state index in [9.17, 15) is 14.7 Å². The molecule has 1 aliphatic heterocycles. The first kappa shape index (κ1) is 17.5. The van der Waals surface area contributed by atoms with Crippen LogP contribution in [0.2, 0.25) is 0 Å². The second-order valence-electron chi connectivity index (χ2n) is 7.82. The predicted molar refractivity (Wildman–Crippen MR) is 95.7 cm³/mol. The number of anilines is 1. The number of hydrogen-bond donors (Lipinski definition) is 1. The van der Waals surface area contributed by atoms with E-state index in [4.69, 9.17) is 4.74 Å². The highest BCUT2D eigenvalue weighted by Gasteiger charge is 2.57. The third kappa shape index (κ3) is 3.03. The number of hydrogen-bond acceptors (Lipinski definition) is 3. The van der Waals surface area contributed by atoms with Crippen LogP contribution in [0.3, 0.4) is 0 Å². The van der Waals surface area contributed by atoms with Gasteiger partial charge in [-0.25, -0.2) is 9.59 Å². The Balaban J connectivity index is 2.12. The quantitative estimate of drug-likeness (QED) is 0.819. The van der Waals surface area contributed by atoms with Crippen molar-refractivity contribution in [2.75, 3.05) is 4.90 Å². The third-order valence-electron chi connectivity index (χ3n) is 4.91. The number of allylic oxidation sites excluding steroid dienone is 1. The normalized spacial score (nSPS) is 25.6. The number of amides is 1. The fourth-order valence-electron chi connectivity index (χ4n) is 3.87. The lowest BCUT2D eigenvalue weighted by Crippen LogP contribution is -2.61. The van der Waals surface area contributed by atoms with E-state index >= 15 is 0 Å². The van der Waals surface area contributed by atoms with Crippen molar-refractivity contribution >= 4 is 17.7 Å². The van der Waals surface area contributed by atoms with Crippen LogP contribution >= 0.6 is 0 Å². The summed E-state index contributed by atoms with van der Waals surface area (Å²) >= 11 is 0. The predicted octanol–water partition coefficient (Wildman–Crippen LogP) is 4.16. The number of benzene rings is 1. The second-order valence-corrected chi connectivity index (χ2v) is 7.82. The molecule has 2 unspecified atom stereocenters. The first-order chi connectivity index (χ1) is 11.8. The van der Waals surface area contributed by atoms with Crippen LogP contribution in [-0.4, -0.2) is 28.3 Å². The minimum atomic E-state index is -1.33. The number of nitrogens with zero attached hydrogens (tertiary/aromatic N) is 1. The van der Waals surface area contributed by atoms with Crippen LogP contribution < -0.4 is 4.90 Å². The molecule has 25 heavy (non-hydrogen) atoms. The summed E-state index contributed by atoms with van der Waals surface area (Å²) in [6.07, 6.45) is 6.30. The molecule has 1 heterocycles. The van der Waals surface area contributed by atoms with Gasteiger partial charge in [0.15, 0.2) is 5.54 Å². The number of aliphatic carboxylic acids is 1. The van der Waals surface area contributed by atoms with Gasteiger partial charge in [-0.15, -0.1) is 0 Å². The topological polar surface area (TPSA) is 66.8 Å². The van der Waals surface area contributed by atoms with E-state index in [1.54, 1.807) is 26.8 Å². The molecule has 1 amide bonds. The number of carbonyl (C=O) groups excluding carboxylic acids is 1. The number of ether oxygens (including phenoxy) is 1. The lowest BCUT2D eigenvalue weighted by Gasteiger charge is -2.41. The monoisotopic (exact) mass is 343 g/mol. The Morgan fingerprint density at radius 1 is 1.28 bits per heavy atom. The summed E-state index contributed by atoms with van der Waals surface area (Å²) in [7, 11) is 0. The molecule has 0 radical (unpaired) electrons. The molecule has 0 bridgehead atoms. The summed E-state index contributed by atoms with van der Waals surface area (Å²) < 4.78 is 5.57. The van der Waals surface area contributed by atoms with Crippen molar-refractivity contribution in [3.63, 3.8) is 0 Å². The standard InChI is InChI=1S/C20H25NO4/c1-19(2,3)25-18(24)21-16-12-8-7-9-14(16)13-20(21,17(22)23)15-10-5-4-6-11-15/h5,7-10,12,15H,4,6,11,13H2,1-3H3,(H,22,23). The third-order valence-corrected chi connectivity index (χ3v) is 4.91. The Labute approximate surface area is 148 Å². The van der Waals surface area contributed by atoms with E-state index in [0.29, 0.717) is 12.1 Å². The van der Waals surface area contributed by atoms with Gasteiger partial charge in [0.2, 0.25) is 0 Å². The van der Waals surface area contributed by atoms with Crippen molar-refractivity contribution in [2.24, 2.45) is 5.92 Å². The Hall–Kier alpha value is -2.30. The van der Waals surface area contributed by atoms with E-state index in [1.165, 1.54) is 4.90 Å². The number of carboxylic acid groups (broad SMARTS) is 1. The molecular weight excluding hydrogens is 318 g/mol. The Morgan fingerprint density at radius 3 is 2.60 bits per heavy atom. The van der Waals surface area contributed by atoms with E-state index in [1.807, 2.05) is 30.4 Å². The molecule has 0 saturated carbocycles. The van der Waals surface area contributed by atoms with Crippen LogP contribution in [0.5, 0.6) is 0 Å². The van der Waals surface area contributed by atoms with Gasteiger partial charge in [-0.3, -0.25) is 4.90 Å². The van der Waals surface area contributed by atoms with Crippen LogP contribution in [0.25, 0.3) is 0 Å². The highest BCUT2D eigenvalue weighted by atomic mass is 16.6. The van der Waals surface area contributed by atoms with Crippen molar-refractivity contribution in [1.29, 1.82) is 0 Å². The molecule has 134 valence electrons. The second kappa shape index (κ2) is 6.21. The molecule has 1 aromatic rings. The van der Waals surface area contributed by atoms with Gasteiger partial charge in [-0.2, -0.15) is 0 Å². The molecule has 2 atom stereocenters. The Bertz CT molecular complexity index is 719. The SMILES string of the molecule is CC(C)(C)OC(=O)N1c2ccccc2CC1(C(=O)O)C1C=CCCC1. The number of para-hydroxylation sites is 1. The van der Waals surface area contributed by atoms with Gasteiger partial charge in [-0.1, -0.05) is 30.4 Å². The number of rotatable bonds is 2. The summed E-state index contributed by atoms with van der Waals surface area (Å²) in [5, 5.41) is 10.2. The first-order valence-corrected chi connectivity index (χ1v) is 8.77. The zero-order valence-corrected chi connectivity index (χ0v) is 15.0. The fourth-order valence-corrected chi connectivity index (χ4v) is 3.87. The summed E-state index contributed by atoms with van der Waals surface area (Å²) in [6.45, 7) is 5.36. The van der Waals surface area contributed by atoms with Gasteiger partial charge in [-0.05, 0) is 51.7 Å². The minimum absolute atomic E-state index is 0.237. The zero-order chi connectivity index (χ0) is 18.2. The van der Waals surface area contributed by atoms with Gasteiger partial charge >= 0.3 is 12.1 Å². The summed E-state index contributed by atoms with van der Waals surface area (Å²) in [5.74, 6) is -1.22. The van der Waals surface area contributed by atoms with Gasteiger partial charge in [0.1, 0.15) is 5.60 Å². The van der Waals surface area contributed by atoms with E-state index < -0.39 is 23.2 Å². The average Bonchev–Trinajstić information content (AvgIpc) is 2.90. The van der Waals surface area contributed by atoms with Gasteiger partial charge in [0.25, 0.3) is 0 Å². The lowest BCUT2D eigenvalue weighted by atomic mass is 9.75. The molecule has 0 saturated heterocycles.